The first-order chi connectivity index (χ1) is 19.1. The smallest absolute Gasteiger partial charge is 0.410 e. The molecule has 11 nitrogen and oxygen atoms in total. The molecule has 0 atom stereocenters. The molecule has 3 aromatic rings. The first-order valence-electron chi connectivity index (χ1n) is 12.9. The Morgan fingerprint density at radius 2 is 1.80 bits per heavy atom. The number of nitro benzene ring substituents is 1. The van der Waals surface area contributed by atoms with Gasteiger partial charge in [-0.25, -0.2) is 4.79 Å². The van der Waals surface area contributed by atoms with Crippen molar-refractivity contribution in [3.63, 3.8) is 0 Å². The molecule has 0 saturated carbocycles. The van der Waals surface area contributed by atoms with Crippen LogP contribution < -0.4 is 15.5 Å². The Morgan fingerprint density at radius 1 is 1.07 bits per heavy atom. The van der Waals surface area contributed by atoms with E-state index in [2.05, 4.69) is 20.5 Å². The van der Waals surface area contributed by atoms with E-state index in [4.69, 9.17) is 4.74 Å². The van der Waals surface area contributed by atoms with Crippen molar-refractivity contribution in [1.29, 1.82) is 0 Å². The monoisotopic (exact) mass is 542 g/mol. The number of non-ortho nitro benzene ring substituents is 1. The summed E-state index contributed by atoms with van der Waals surface area (Å²) in [5.41, 5.74) is 3.71. The quantitative estimate of drug-likeness (QED) is 0.262. The third kappa shape index (κ3) is 5.73. The maximum absolute atomic E-state index is 13.1. The molecular weight excluding hydrogens is 512 g/mol. The standard InChI is InChI=1S/C29H30N6O5/c1-29(2,3)40-28(37)34-15-13-33(14-16-34)21-8-6-20(7-9-21)31-26(19-5-4-12-30-18-19)25-23-11-10-22(35(38)39)17-24(23)32-27(25)36/h4-12,17-18,31H,13-16H2,1-3H3,(H,32,36)/b26-25-. The van der Waals surface area contributed by atoms with Gasteiger partial charge in [0.2, 0.25) is 0 Å². The molecule has 11 heteroatoms. The number of fused-ring (bicyclic) bond motifs is 1. The van der Waals surface area contributed by atoms with Crippen molar-refractivity contribution >= 4 is 46.0 Å². The lowest BCUT2D eigenvalue weighted by Crippen LogP contribution is -2.50. The zero-order valence-corrected chi connectivity index (χ0v) is 22.5. The van der Waals surface area contributed by atoms with Crippen molar-refractivity contribution in [3.8, 4) is 0 Å². The van der Waals surface area contributed by atoms with Crippen LogP contribution in [-0.4, -0.2) is 58.6 Å². The zero-order chi connectivity index (χ0) is 28.4. The van der Waals surface area contributed by atoms with Gasteiger partial charge in [-0.15, -0.1) is 0 Å². The molecule has 0 spiro atoms. The zero-order valence-electron chi connectivity index (χ0n) is 22.5. The molecule has 2 aromatic carbocycles. The number of amides is 2. The van der Waals surface area contributed by atoms with Crippen LogP contribution in [0.3, 0.4) is 0 Å². The lowest BCUT2D eigenvalue weighted by Gasteiger charge is -2.36. The normalized spacial score (nSPS) is 16.2. The van der Waals surface area contributed by atoms with E-state index in [0.717, 1.165) is 11.4 Å². The molecule has 206 valence electrons. The fourth-order valence-corrected chi connectivity index (χ4v) is 4.69. The molecule has 1 saturated heterocycles. The Bertz CT molecular complexity index is 1470. The lowest BCUT2D eigenvalue weighted by molar-refractivity contribution is -0.384. The Morgan fingerprint density at radius 3 is 2.42 bits per heavy atom. The molecule has 0 unspecified atom stereocenters. The van der Waals surface area contributed by atoms with Gasteiger partial charge in [0.05, 0.1) is 21.9 Å². The number of benzene rings is 2. The summed E-state index contributed by atoms with van der Waals surface area (Å²) < 4.78 is 5.49. The topological polar surface area (TPSA) is 130 Å². The molecule has 2 aliphatic heterocycles. The maximum atomic E-state index is 13.1. The first-order valence-corrected chi connectivity index (χ1v) is 12.9. The number of pyridine rings is 1. The van der Waals surface area contributed by atoms with Gasteiger partial charge in [0, 0.05) is 73.2 Å². The van der Waals surface area contributed by atoms with Crippen LogP contribution >= 0.6 is 0 Å². The summed E-state index contributed by atoms with van der Waals surface area (Å²) in [5, 5.41) is 17.4. The number of rotatable bonds is 5. The van der Waals surface area contributed by atoms with Gasteiger partial charge < -0.3 is 25.2 Å². The number of nitro groups is 1. The van der Waals surface area contributed by atoms with E-state index in [1.165, 1.54) is 12.1 Å². The van der Waals surface area contributed by atoms with Gasteiger partial charge in [0.1, 0.15) is 5.60 Å². The number of nitrogens with zero attached hydrogens (tertiary/aromatic N) is 4. The van der Waals surface area contributed by atoms with Gasteiger partial charge in [0.15, 0.2) is 0 Å². The van der Waals surface area contributed by atoms with Crippen molar-refractivity contribution in [3.05, 3.63) is 88.2 Å². The number of nitrogens with one attached hydrogen (secondary N) is 2. The fourth-order valence-electron chi connectivity index (χ4n) is 4.69. The molecule has 1 aromatic heterocycles. The second kappa shape index (κ2) is 10.7. The van der Waals surface area contributed by atoms with Crippen LogP contribution in [0.1, 0.15) is 31.9 Å². The predicted octanol–water partition coefficient (Wildman–Crippen LogP) is 4.98. The molecule has 2 amide bonds. The van der Waals surface area contributed by atoms with Crippen molar-refractivity contribution < 1.29 is 19.2 Å². The molecule has 2 aliphatic rings. The summed E-state index contributed by atoms with van der Waals surface area (Å²) >= 11 is 0. The number of carbonyl (C=O) groups excluding carboxylic acids is 2. The molecule has 1 fully saturated rings. The third-order valence-corrected chi connectivity index (χ3v) is 6.59. The summed E-state index contributed by atoms with van der Waals surface area (Å²) in [4.78, 5) is 44.4. The van der Waals surface area contributed by atoms with E-state index >= 15 is 0 Å². The van der Waals surface area contributed by atoms with Crippen LogP contribution in [0.5, 0.6) is 0 Å². The average Bonchev–Trinajstić information content (AvgIpc) is 3.26. The number of anilines is 3. The summed E-state index contributed by atoms with van der Waals surface area (Å²) in [6, 6.07) is 15.8. The van der Waals surface area contributed by atoms with Gasteiger partial charge in [0.25, 0.3) is 11.6 Å². The van der Waals surface area contributed by atoms with Crippen molar-refractivity contribution in [2.45, 2.75) is 26.4 Å². The molecule has 3 heterocycles. The van der Waals surface area contributed by atoms with Crippen molar-refractivity contribution in [2.24, 2.45) is 0 Å². The molecular formula is C29H30N6O5. The highest BCUT2D eigenvalue weighted by molar-refractivity contribution is 6.37. The van der Waals surface area contributed by atoms with Gasteiger partial charge in [-0.3, -0.25) is 19.9 Å². The van der Waals surface area contributed by atoms with Crippen molar-refractivity contribution in [1.82, 2.24) is 9.88 Å². The minimum atomic E-state index is -0.528. The Kier molecular flexibility index (Phi) is 7.12. The van der Waals surface area contributed by atoms with Crippen LogP contribution in [-0.2, 0) is 9.53 Å². The third-order valence-electron chi connectivity index (χ3n) is 6.59. The largest absolute Gasteiger partial charge is 0.444 e. The van der Waals surface area contributed by atoms with Crippen LogP contribution in [0, 0.1) is 10.1 Å². The fraction of sp³-hybridized carbons (Fsp3) is 0.276. The van der Waals surface area contributed by atoms with Gasteiger partial charge >= 0.3 is 6.09 Å². The second-order valence-corrected chi connectivity index (χ2v) is 10.6. The van der Waals surface area contributed by atoms with Gasteiger partial charge in [-0.1, -0.05) is 0 Å². The molecule has 5 rings (SSSR count). The second-order valence-electron chi connectivity index (χ2n) is 10.6. The number of carbonyl (C=O) groups is 2. The maximum Gasteiger partial charge on any atom is 0.410 e. The van der Waals surface area contributed by atoms with E-state index in [1.54, 1.807) is 29.4 Å². The molecule has 0 bridgehead atoms. The van der Waals surface area contributed by atoms with Crippen LogP contribution in [0.25, 0.3) is 11.3 Å². The Labute approximate surface area is 231 Å². The van der Waals surface area contributed by atoms with Crippen LogP contribution in [0.15, 0.2) is 67.0 Å². The molecule has 0 radical (unpaired) electrons. The minimum absolute atomic E-state index is 0.0984. The van der Waals surface area contributed by atoms with Gasteiger partial charge in [-0.05, 0) is 63.2 Å². The van der Waals surface area contributed by atoms with Crippen LogP contribution in [0.2, 0.25) is 0 Å². The van der Waals surface area contributed by atoms with Crippen LogP contribution in [0.4, 0.5) is 27.5 Å². The molecule has 0 aliphatic carbocycles. The summed E-state index contributed by atoms with van der Waals surface area (Å²) in [6.45, 7) is 8.07. The number of hydrogen-bond donors (Lipinski definition) is 2. The lowest BCUT2D eigenvalue weighted by atomic mass is 10.0. The Hall–Kier alpha value is -4.93. The summed E-state index contributed by atoms with van der Waals surface area (Å²) in [5.74, 6) is -0.360. The molecule has 40 heavy (non-hydrogen) atoms. The summed E-state index contributed by atoms with van der Waals surface area (Å²) in [7, 11) is 0. The average molecular weight is 543 g/mol. The number of aromatic nitrogens is 1. The van der Waals surface area contributed by atoms with Crippen molar-refractivity contribution in [2.75, 3.05) is 41.7 Å². The van der Waals surface area contributed by atoms with E-state index < -0.39 is 10.5 Å². The highest BCUT2D eigenvalue weighted by Crippen LogP contribution is 2.39. The SMILES string of the molecule is CC(C)(C)OC(=O)N1CCN(c2ccc(N/C(=C3\C(=O)Nc4cc([N+](=O)[O-])ccc43)c3cccnc3)cc2)CC1. The Balaban J connectivity index is 1.37. The number of hydrogen-bond acceptors (Lipinski definition) is 8. The number of piperazine rings is 1. The highest BCUT2D eigenvalue weighted by atomic mass is 16.6. The van der Waals surface area contributed by atoms with Gasteiger partial charge in [-0.2, -0.15) is 0 Å². The van der Waals surface area contributed by atoms with E-state index in [1.807, 2.05) is 51.1 Å². The van der Waals surface area contributed by atoms with E-state index in [9.17, 15) is 19.7 Å². The predicted molar refractivity (Wildman–Crippen MR) is 153 cm³/mol. The summed E-state index contributed by atoms with van der Waals surface area (Å²) in [6.07, 6.45) is 3.01. The number of ether oxygens (including phenoxy) is 1. The van der Waals surface area contributed by atoms with E-state index in [-0.39, 0.29) is 17.7 Å². The highest BCUT2D eigenvalue weighted by Gasteiger charge is 2.30. The van der Waals surface area contributed by atoms with E-state index in [0.29, 0.717) is 54.3 Å². The first kappa shape index (κ1) is 26.7. The minimum Gasteiger partial charge on any atom is -0.444 e. The molecule has 2 N–H and O–H groups in total.